The molecule has 0 aromatic heterocycles. The van der Waals surface area contributed by atoms with Gasteiger partial charge in [0.05, 0.1) is 12.1 Å². The molecule has 0 fully saturated rings. The molecule has 0 saturated heterocycles. The highest BCUT2D eigenvalue weighted by Crippen LogP contribution is 2.11. The first-order chi connectivity index (χ1) is 7.67. The summed E-state index contributed by atoms with van der Waals surface area (Å²) in [6, 6.07) is 10.1. The molecule has 0 radical (unpaired) electrons. The zero-order valence-electron chi connectivity index (χ0n) is 9.98. The van der Waals surface area contributed by atoms with Crippen LogP contribution in [0.25, 0.3) is 0 Å². The molecule has 16 heavy (non-hydrogen) atoms. The SMILES string of the molecule is CCCN(Cc1cccc(N)c1)C(C)C#N. The van der Waals surface area contributed by atoms with Crippen molar-refractivity contribution in [3.8, 4) is 6.07 Å². The fourth-order valence-electron chi connectivity index (χ4n) is 1.70. The van der Waals surface area contributed by atoms with Gasteiger partial charge in [-0.2, -0.15) is 5.26 Å². The number of nitrogens with two attached hydrogens (primary N) is 1. The first kappa shape index (κ1) is 12.5. The second-order valence-corrected chi connectivity index (χ2v) is 4.02. The monoisotopic (exact) mass is 217 g/mol. The molecule has 0 aliphatic rings. The normalized spacial score (nSPS) is 12.4. The number of nitrogen functional groups attached to an aromatic ring is 1. The van der Waals surface area contributed by atoms with E-state index in [1.165, 1.54) is 0 Å². The standard InChI is InChI=1S/C13H19N3/c1-3-7-16(11(2)9-14)10-12-5-4-6-13(15)8-12/h4-6,8,11H,3,7,10,15H2,1-2H3. The van der Waals surface area contributed by atoms with E-state index >= 15 is 0 Å². The second-order valence-electron chi connectivity index (χ2n) is 4.02. The van der Waals surface area contributed by atoms with E-state index in [-0.39, 0.29) is 6.04 Å². The van der Waals surface area contributed by atoms with Crippen LogP contribution in [0.3, 0.4) is 0 Å². The van der Waals surface area contributed by atoms with Gasteiger partial charge in [0.15, 0.2) is 0 Å². The maximum Gasteiger partial charge on any atom is 0.0952 e. The maximum absolute atomic E-state index is 8.95. The molecule has 0 spiro atoms. The van der Waals surface area contributed by atoms with Crippen LogP contribution < -0.4 is 5.73 Å². The van der Waals surface area contributed by atoms with Crippen molar-refractivity contribution in [3.63, 3.8) is 0 Å². The van der Waals surface area contributed by atoms with Crippen molar-refractivity contribution in [2.24, 2.45) is 0 Å². The molecule has 1 aromatic rings. The van der Waals surface area contributed by atoms with Gasteiger partial charge in [-0.3, -0.25) is 4.90 Å². The number of hydrogen-bond acceptors (Lipinski definition) is 3. The van der Waals surface area contributed by atoms with Crippen LogP contribution in [0.15, 0.2) is 24.3 Å². The lowest BCUT2D eigenvalue weighted by Crippen LogP contribution is -2.32. The Bertz CT molecular complexity index is 368. The zero-order chi connectivity index (χ0) is 12.0. The minimum atomic E-state index is -0.0543. The summed E-state index contributed by atoms with van der Waals surface area (Å²) in [6.45, 7) is 5.77. The van der Waals surface area contributed by atoms with Crippen LogP contribution in [-0.2, 0) is 6.54 Å². The quantitative estimate of drug-likeness (QED) is 0.770. The minimum Gasteiger partial charge on any atom is -0.399 e. The topological polar surface area (TPSA) is 53.0 Å². The fourth-order valence-corrected chi connectivity index (χ4v) is 1.70. The molecule has 86 valence electrons. The van der Waals surface area contributed by atoms with E-state index in [4.69, 9.17) is 11.0 Å². The molecule has 2 N–H and O–H groups in total. The Balaban J connectivity index is 2.72. The van der Waals surface area contributed by atoms with Crippen LogP contribution in [0.1, 0.15) is 25.8 Å². The van der Waals surface area contributed by atoms with E-state index < -0.39 is 0 Å². The van der Waals surface area contributed by atoms with Crippen LogP contribution >= 0.6 is 0 Å². The van der Waals surface area contributed by atoms with Crippen LogP contribution in [-0.4, -0.2) is 17.5 Å². The molecule has 0 amide bonds. The van der Waals surface area contributed by atoms with Crippen LogP contribution in [0.2, 0.25) is 0 Å². The predicted octanol–water partition coefficient (Wildman–Crippen LogP) is 2.39. The summed E-state index contributed by atoms with van der Waals surface area (Å²) in [5.41, 5.74) is 7.67. The molecule has 0 saturated carbocycles. The summed E-state index contributed by atoms with van der Waals surface area (Å²) in [6.07, 6.45) is 1.05. The summed E-state index contributed by atoms with van der Waals surface area (Å²) in [4.78, 5) is 2.16. The van der Waals surface area contributed by atoms with Gasteiger partial charge in [-0.15, -0.1) is 0 Å². The molecule has 0 aliphatic carbocycles. The van der Waals surface area contributed by atoms with Gasteiger partial charge >= 0.3 is 0 Å². The van der Waals surface area contributed by atoms with Crippen LogP contribution in [0, 0.1) is 11.3 Å². The van der Waals surface area contributed by atoms with Crippen molar-refractivity contribution in [3.05, 3.63) is 29.8 Å². The Morgan fingerprint density at radius 3 is 2.81 bits per heavy atom. The predicted molar refractivity (Wildman–Crippen MR) is 66.6 cm³/mol. The first-order valence-corrected chi connectivity index (χ1v) is 5.65. The molecule has 0 aliphatic heterocycles. The Kier molecular flexibility index (Phi) is 4.81. The first-order valence-electron chi connectivity index (χ1n) is 5.65. The van der Waals surface area contributed by atoms with Crippen molar-refractivity contribution in [1.29, 1.82) is 5.26 Å². The second kappa shape index (κ2) is 6.14. The summed E-state index contributed by atoms with van der Waals surface area (Å²) in [7, 11) is 0. The van der Waals surface area contributed by atoms with Crippen LogP contribution in [0.5, 0.6) is 0 Å². The van der Waals surface area contributed by atoms with Crippen molar-refractivity contribution in [2.75, 3.05) is 12.3 Å². The average molecular weight is 217 g/mol. The Hall–Kier alpha value is -1.53. The van der Waals surface area contributed by atoms with Gasteiger partial charge in [-0.05, 0) is 37.6 Å². The summed E-state index contributed by atoms with van der Waals surface area (Å²) in [5, 5.41) is 8.95. The lowest BCUT2D eigenvalue weighted by molar-refractivity contribution is 0.237. The van der Waals surface area contributed by atoms with E-state index in [2.05, 4.69) is 17.9 Å². The molecular formula is C13H19N3. The van der Waals surface area contributed by atoms with Gasteiger partial charge in [-0.25, -0.2) is 0 Å². The molecule has 1 aromatic carbocycles. The lowest BCUT2D eigenvalue weighted by Gasteiger charge is -2.24. The minimum absolute atomic E-state index is 0.0543. The van der Waals surface area contributed by atoms with E-state index in [0.717, 1.165) is 30.8 Å². The molecule has 3 nitrogen and oxygen atoms in total. The highest BCUT2D eigenvalue weighted by Gasteiger charge is 2.12. The highest BCUT2D eigenvalue weighted by atomic mass is 15.1. The summed E-state index contributed by atoms with van der Waals surface area (Å²) >= 11 is 0. The van der Waals surface area contributed by atoms with Crippen molar-refractivity contribution in [2.45, 2.75) is 32.9 Å². The van der Waals surface area contributed by atoms with Gasteiger partial charge < -0.3 is 5.73 Å². The molecule has 3 heteroatoms. The zero-order valence-corrected chi connectivity index (χ0v) is 9.98. The number of nitriles is 1. The summed E-state index contributed by atoms with van der Waals surface area (Å²) < 4.78 is 0. The molecule has 1 rings (SSSR count). The van der Waals surface area contributed by atoms with E-state index in [1.54, 1.807) is 0 Å². The van der Waals surface area contributed by atoms with Gasteiger partial charge in [0.25, 0.3) is 0 Å². The smallest absolute Gasteiger partial charge is 0.0952 e. The number of anilines is 1. The van der Waals surface area contributed by atoms with E-state index in [1.807, 2.05) is 31.2 Å². The number of rotatable bonds is 5. The molecule has 0 bridgehead atoms. The van der Waals surface area contributed by atoms with Crippen LogP contribution in [0.4, 0.5) is 5.69 Å². The third-order valence-corrected chi connectivity index (χ3v) is 2.58. The van der Waals surface area contributed by atoms with E-state index in [9.17, 15) is 0 Å². The number of benzene rings is 1. The number of nitrogens with zero attached hydrogens (tertiary/aromatic N) is 2. The third-order valence-electron chi connectivity index (χ3n) is 2.58. The number of hydrogen-bond donors (Lipinski definition) is 1. The van der Waals surface area contributed by atoms with Crippen molar-refractivity contribution < 1.29 is 0 Å². The largest absolute Gasteiger partial charge is 0.399 e. The molecule has 1 atom stereocenters. The fraction of sp³-hybridized carbons (Fsp3) is 0.462. The lowest BCUT2D eigenvalue weighted by atomic mass is 10.1. The van der Waals surface area contributed by atoms with Gasteiger partial charge in [0.2, 0.25) is 0 Å². The Morgan fingerprint density at radius 1 is 1.50 bits per heavy atom. The molecule has 1 unspecified atom stereocenters. The van der Waals surface area contributed by atoms with Gasteiger partial charge in [-0.1, -0.05) is 19.1 Å². The van der Waals surface area contributed by atoms with Gasteiger partial charge in [0.1, 0.15) is 0 Å². The molecule has 0 heterocycles. The van der Waals surface area contributed by atoms with Crippen molar-refractivity contribution >= 4 is 5.69 Å². The van der Waals surface area contributed by atoms with Gasteiger partial charge in [0, 0.05) is 12.2 Å². The summed E-state index contributed by atoms with van der Waals surface area (Å²) in [5.74, 6) is 0. The highest BCUT2D eigenvalue weighted by molar-refractivity contribution is 5.40. The average Bonchev–Trinajstić information content (AvgIpc) is 2.27. The maximum atomic E-state index is 8.95. The molecular weight excluding hydrogens is 198 g/mol. The van der Waals surface area contributed by atoms with Crippen molar-refractivity contribution in [1.82, 2.24) is 4.90 Å². The Morgan fingerprint density at radius 2 is 2.25 bits per heavy atom. The third kappa shape index (κ3) is 3.56. The van der Waals surface area contributed by atoms with E-state index in [0.29, 0.717) is 0 Å². The Labute approximate surface area is 97.5 Å².